The van der Waals surface area contributed by atoms with Gasteiger partial charge in [0, 0.05) is 32.1 Å². The van der Waals surface area contributed by atoms with Crippen LogP contribution >= 0.6 is 11.8 Å². The highest BCUT2D eigenvalue weighted by atomic mass is 32.2. The van der Waals surface area contributed by atoms with Gasteiger partial charge in [0.2, 0.25) is 5.91 Å². The molecule has 0 bridgehead atoms. The third-order valence-corrected chi connectivity index (χ3v) is 4.10. The molecule has 0 aliphatic carbocycles. The fourth-order valence-corrected chi connectivity index (χ4v) is 2.82. The maximum atomic E-state index is 11.8. The van der Waals surface area contributed by atoms with Crippen molar-refractivity contribution >= 4 is 34.7 Å². The largest absolute Gasteiger partial charge is 0.481 e. The first kappa shape index (κ1) is 16.5. The van der Waals surface area contributed by atoms with Crippen LogP contribution in [0.5, 0.6) is 0 Å². The maximum Gasteiger partial charge on any atom is 0.326 e. The van der Waals surface area contributed by atoms with E-state index in [0.717, 1.165) is 11.8 Å². The molecule has 2 N–H and O–H groups in total. The lowest BCUT2D eigenvalue weighted by Gasteiger charge is -2.24. The second-order valence-electron chi connectivity index (χ2n) is 4.71. The van der Waals surface area contributed by atoms with Gasteiger partial charge in [0.1, 0.15) is 6.04 Å². The molecular formula is C12H17NO6S. The molecule has 7 nitrogen and oxygen atoms in total. The molecule has 1 saturated heterocycles. The second-order valence-corrected chi connectivity index (χ2v) is 5.90. The van der Waals surface area contributed by atoms with Crippen LogP contribution in [0.15, 0.2) is 0 Å². The molecule has 0 aromatic carbocycles. The van der Waals surface area contributed by atoms with Gasteiger partial charge < -0.3 is 15.1 Å². The van der Waals surface area contributed by atoms with Crippen LogP contribution in [0.2, 0.25) is 0 Å². The summed E-state index contributed by atoms with van der Waals surface area (Å²) in [6.07, 6.45) is -0.201. The van der Waals surface area contributed by atoms with Gasteiger partial charge in [-0.25, -0.2) is 4.79 Å². The Morgan fingerprint density at radius 2 is 2.05 bits per heavy atom. The lowest BCUT2D eigenvalue weighted by molar-refractivity contribution is -0.149. The van der Waals surface area contributed by atoms with Crippen molar-refractivity contribution in [3.8, 4) is 0 Å². The van der Waals surface area contributed by atoms with E-state index in [1.165, 1.54) is 11.8 Å². The fourth-order valence-electron chi connectivity index (χ4n) is 2.13. The summed E-state index contributed by atoms with van der Waals surface area (Å²) in [4.78, 5) is 45.6. The molecule has 2 atom stereocenters. The highest BCUT2D eigenvalue weighted by molar-refractivity contribution is 8.13. The van der Waals surface area contributed by atoms with Crippen LogP contribution in [0.25, 0.3) is 0 Å². The summed E-state index contributed by atoms with van der Waals surface area (Å²) in [7, 11) is 0. The lowest BCUT2D eigenvalue weighted by Crippen LogP contribution is -2.42. The summed E-state index contributed by atoms with van der Waals surface area (Å²) in [6.45, 7) is 1.70. The Labute approximate surface area is 120 Å². The Morgan fingerprint density at radius 1 is 1.40 bits per heavy atom. The monoisotopic (exact) mass is 303 g/mol. The lowest BCUT2D eigenvalue weighted by atomic mass is 10.1. The molecule has 2 unspecified atom stereocenters. The molecule has 0 saturated carbocycles. The Bertz CT molecular complexity index is 424. The van der Waals surface area contributed by atoms with Crippen molar-refractivity contribution in [3.05, 3.63) is 0 Å². The van der Waals surface area contributed by atoms with Crippen LogP contribution in [0.3, 0.4) is 0 Å². The first-order valence-corrected chi connectivity index (χ1v) is 7.17. The standard InChI is InChI=1S/C12H17NO6S/c1-7(14)20-6-8-4-10(15)13(5-8)9(12(18)19)2-3-11(16)17/h8-9H,2-6H2,1H3,(H,16,17)(H,18,19). The molecule has 1 heterocycles. The number of aliphatic carboxylic acids is 2. The van der Waals surface area contributed by atoms with Crippen molar-refractivity contribution in [1.29, 1.82) is 0 Å². The summed E-state index contributed by atoms with van der Waals surface area (Å²) in [6, 6.07) is -1.11. The Balaban J connectivity index is 2.62. The molecule has 1 aliphatic rings. The van der Waals surface area contributed by atoms with E-state index < -0.39 is 18.0 Å². The smallest absolute Gasteiger partial charge is 0.326 e. The average molecular weight is 303 g/mol. The number of carboxylic acids is 2. The van der Waals surface area contributed by atoms with Gasteiger partial charge in [-0.15, -0.1) is 0 Å². The van der Waals surface area contributed by atoms with Crippen LogP contribution in [0.4, 0.5) is 0 Å². The SMILES string of the molecule is CC(=O)SCC1CC(=O)N(C(CCC(=O)O)C(=O)O)C1. The summed E-state index contributed by atoms with van der Waals surface area (Å²) < 4.78 is 0. The van der Waals surface area contributed by atoms with E-state index >= 15 is 0 Å². The third kappa shape index (κ3) is 4.84. The molecule has 0 spiro atoms. The number of nitrogens with zero attached hydrogens (tertiary/aromatic N) is 1. The van der Waals surface area contributed by atoms with Crippen molar-refractivity contribution in [1.82, 2.24) is 4.90 Å². The number of likely N-dealkylation sites (tertiary alicyclic amines) is 1. The summed E-state index contributed by atoms with van der Waals surface area (Å²) in [5, 5.41) is 17.7. The van der Waals surface area contributed by atoms with E-state index in [1.54, 1.807) is 0 Å². The summed E-state index contributed by atoms with van der Waals surface area (Å²) in [5.74, 6) is -2.17. The van der Waals surface area contributed by atoms with E-state index in [9.17, 15) is 19.2 Å². The van der Waals surface area contributed by atoms with Crippen molar-refractivity contribution < 1.29 is 29.4 Å². The van der Waals surface area contributed by atoms with Crippen LogP contribution < -0.4 is 0 Å². The van der Waals surface area contributed by atoms with Gasteiger partial charge >= 0.3 is 11.9 Å². The van der Waals surface area contributed by atoms with Gasteiger partial charge in [0.05, 0.1) is 0 Å². The van der Waals surface area contributed by atoms with Crippen molar-refractivity contribution in [2.24, 2.45) is 5.92 Å². The van der Waals surface area contributed by atoms with Crippen LogP contribution in [0, 0.1) is 5.92 Å². The number of amides is 1. The number of hydrogen-bond acceptors (Lipinski definition) is 5. The number of thioether (sulfide) groups is 1. The molecule has 0 aromatic rings. The Morgan fingerprint density at radius 3 is 2.55 bits per heavy atom. The van der Waals surface area contributed by atoms with E-state index in [4.69, 9.17) is 10.2 Å². The summed E-state index contributed by atoms with van der Waals surface area (Å²) in [5.41, 5.74) is 0. The van der Waals surface area contributed by atoms with Crippen molar-refractivity contribution in [2.45, 2.75) is 32.2 Å². The molecule has 20 heavy (non-hydrogen) atoms. The molecular weight excluding hydrogens is 286 g/mol. The normalized spacial score (nSPS) is 19.9. The number of hydrogen-bond donors (Lipinski definition) is 2. The minimum Gasteiger partial charge on any atom is -0.481 e. The second kappa shape index (κ2) is 7.28. The predicted molar refractivity (Wildman–Crippen MR) is 71.3 cm³/mol. The van der Waals surface area contributed by atoms with Crippen molar-refractivity contribution in [2.75, 3.05) is 12.3 Å². The maximum absolute atomic E-state index is 11.8. The predicted octanol–water partition coefficient (Wildman–Crippen LogP) is 0.433. The van der Waals surface area contributed by atoms with Gasteiger partial charge in [0.25, 0.3) is 0 Å². The highest BCUT2D eigenvalue weighted by Gasteiger charge is 2.37. The molecule has 1 aliphatic heterocycles. The number of carboxylic acid groups (broad SMARTS) is 2. The van der Waals surface area contributed by atoms with Gasteiger partial charge in [-0.2, -0.15) is 0 Å². The zero-order chi connectivity index (χ0) is 15.3. The number of rotatable bonds is 7. The average Bonchev–Trinajstić information content (AvgIpc) is 2.68. The van der Waals surface area contributed by atoms with Gasteiger partial charge in [-0.3, -0.25) is 14.4 Å². The third-order valence-electron chi connectivity index (χ3n) is 3.05. The van der Waals surface area contributed by atoms with Gasteiger partial charge in [-0.05, 0) is 12.3 Å². The fraction of sp³-hybridized carbons (Fsp3) is 0.667. The van der Waals surface area contributed by atoms with E-state index in [2.05, 4.69) is 0 Å². The Hall–Kier alpha value is -1.57. The number of carbonyl (C=O) groups is 4. The van der Waals surface area contributed by atoms with Crippen LogP contribution in [-0.4, -0.2) is 56.4 Å². The molecule has 8 heteroatoms. The first-order chi connectivity index (χ1) is 9.31. The topological polar surface area (TPSA) is 112 Å². The van der Waals surface area contributed by atoms with Gasteiger partial charge in [-0.1, -0.05) is 11.8 Å². The highest BCUT2D eigenvalue weighted by Crippen LogP contribution is 2.25. The van der Waals surface area contributed by atoms with Crippen molar-refractivity contribution in [3.63, 3.8) is 0 Å². The van der Waals surface area contributed by atoms with Crippen LogP contribution in [-0.2, 0) is 19.2 Å². The first-order valence-electron chi connectivity index (χ1n) is 6.18. The van der Waals surface area contributed by atoms with E-state index in [1.807, 2.05) is 0 Å². The minimum absolute atomic E-state index is 0.0449. The van der Waals surface area contributed by atoms with E-state index in [0.29, 0.717) is 5.75 Å². The van der Waals surface area contributed by atoms with Crippen LogP contribution in [0.1, 0.15) is 26.2 Å². The van der Waals surface area contributed by atoms with E-state index in [-0.39, 0.29) is 42.7 Å². The molecule has 1 fully saturated rings. The minimum atomic E-state index is -1.19. The molecule has 112 valence electrons. The quantitative estimate of drug-likeness (QED) is 0.701. The zero-order valence-corrected chi connectivity index (χ0v) is 11.9. The molecule has 0 radical (unpaired) electrons. The molecule has 1 amide bonds. The van der Waals surface area contributed by atoms with Gasteiger partial charge in [0.15, 0.2) is 5.12 Å². The number of carbonyl (C=O) groups excluding carboxylic acids is 2. The zero-order valence-electron chi connectivity index (χ0n) is 11.1. The molecule has 1 rings (SSSR count). The Kier molecular flexibility index (Phi) is 6.00. The molecule has 0 aromatic heterocycles. The summed E-state index contributed by atoms with van der Waals surface area (Å²) >= 11 is 1.11.